The molecule has 3 nitrogen and oxygen atoms in total. The van der Waals surface area contributed by atoms with E-state index in [0.29, 0.717) is 16.9 Å². The molecule has 0 saturated heterocycles. The van der Waals surface area contributed by atoms with Gasteiger partial charge in [-0.25, -0.2) is 9.18 Å². The van der Waals surface area contributed by atoms with Gasteiger partial charge in [-0.15, -0.1) is 11.3 Å². The number of nitrogens with one attached hydrogen (secondary N) is 1. The van der Waals surface area contributed by atoms with Crippen LogP contribution in [0.5, 0.6) is 0 Å². The van der Waals surface area contributed by atoms with Crippen LogP contribution in [0.3, 0.4) is 0 Å². The molecule has 0 amide bonds. The van der Waals surface area contributed by atoms with Crippen LogP contribution in [0, 0.1) is 5.82 Å². The van der Waals surface area contributed by atoms with Gasteiger partial charge in [0.15, 0.2) is 0 Å². The molecule has 3 aromatic rings. The minimum absolute atomic E-state index is 0.309. The monoisotopic (exact) mass is 327 g/mol. The van der Waals surface area contributed by atoms with Gasteiger partial charge in [-0.1, -0.05) is 12.1 Å². The van der Waals surface area contributed by atoms with Gasteiger partial charge in [-0.3, -0.25) is 0 Å². The van der Waals surface area contributed by atoms with Gasteiger partial charge in [-0.05, 0) is 53.4 Å². The highest BCUT2D eigenvalue weighted by atomic mass is 32.1. The molecule has 0 radical (unpaired) electrons. The second-order valence-electron chi connectivity index (χ2n) is 4.86. The van der Waals surface area contributed by atoms with Gasteiger partial charge in [-0.2, -0.15) is 0 Å². The van der Waals surface area contributed by atoms with Gasteiger partial charge in [0.2, 0.25) is 0 Å². The average Bonchev–Trinajstić information content (AvgIpc) is 3.11. The maximum atomic E-state index is 13.0. The Bertz CT molecular complexity index is 814. The number of hydrogen-bond donors (Lipinski definition) is 1. The summed E-state index contributed by atoms with van der Waals surface area (Å²) in [7, 11) is 1.34. The van der Waals surface area contributed by atoms with E-state index in [0.717, 1.165) is 10.4 Å². The van der Waals surface area contributed by atoms with Crippen LogP contribution in [0.2, 0.25) is 0 Å². The molecule has 0 bridgehead atoms. The van der Waals surface area contributed by atoms with Gasteiger partial charge in [0.25, 0.3) is 0 Å². The smallest absolute Gasteiger partial charge is 0.339 e. The fraction of sp³-hybridized carbons (Fsp3) is 0.0556. The lowest BCUT2D eigenvalue weighted by molar-refractivity contribution is 0.0602. The Morgan fingerprint density at radius 2 is 1.91 bits per heavy atom. The van der Waals surface area contributed by atoms with Gasteiger partial charge in [0.1, 0.15) is 5.82 Å². The molecular formula is C18H14FNO2S. The second kappa shape index (κ2) is 6.62. The van der Waals surface area contributed by atoms with Crippen molar-refractivity contribution < 1.29 is 13.9 Å². The molecule has 1 aromatic heterocycles. The minimum atomic E-state index is -0.424. The number of ether oxygens (including phenoxy) is 1. The van der Waals surface area contributed by atoms with Crippen molar-refractivity contribution in [1.29, 1.82) is 0 Å². The number of halogens is 1. The van der Waals surface area contributed by atoms with Crippen molar-refractivity contribution in [3.8, 4) is 10.4 Å². The number of carbonyl (C=O) groups excluding carboxylic acids is 1. The fourth-order valence-electron chi connectivity index (χ4n) is 2.22. The maximum absolute atomic E-state index is 13.0. The van der Waals surface area contributed by atoms with E-state index < -0.39 is 5.97 Å². The molecule has 0 spiro atoms. The number of carbonyl (C=O) groups is 1. The van der Waals surface area contributed by atoms with Gasteiger partial charge >= 0.3 is 5.97 Å². The number of anilines is 2. The largest absolute Gasteiger partial charge is 0.465 e. The van der Waals surface area contributed by atoms with Crippen molar-refractivity contribution in [3.63, 3.8) is 0 Å². The van der Waals surface area contributed by atoms with Crippen molar-refractivity contribution in [2.75, 3.05) is 12.4 Å². The SMILES string of the molecule is COC(=O)c1ccc(-c2cccs2)cc1Nc1ccc(F)cc1. The first-order valence-corrected chi connectivity index (χ1v) is 7.84. The van der Waals surface area contributed by atoms with Gasteiger partial charge in [0.05, 0.1) is 18.4 Å². The van der Waals surface area contributed by atoms with Crippen LogP contribution in [0.15, 0.2) is 60.0 Å². The van der Waals surface area contributed by atoms with E-state index in [1.54, 1.807) is 29.5 Å². The van der Waals surface area contributed by atoms with Crippen LogP contribution in [0.25, 0.3) is 10.4 Å². The third-order valence-electron chi connectivity index (χ3n) is 3.35. The third kappa shape index (κ3) is 3.40. The number of thiophene rings is 1. The molecule has 0 unspecified atom stereocenters. The van der Waals surface area contributed by atoms with E-state index >= 15 is 0 Å². The Morgan fingerprint density at radius 1 is 1.13 bits per heavy atom. The van der Waals surface area contributed by atoms with Crippen molar-refractivity contribution >= 4 is 28.7 Å². The Hall–Kier alpha value is -2.66. The summed E-state index contributed by atoms with van der Waals surface area (Å²) in [5, 5.41) is 5.15. The maximum Gasteiger partial charge on any atom is 0.339 e. The summed E-state index contributed by atoms with van der Waals surface area (Å²) < 4.78 is 17.9. The number of rotatable bonds is 4. The molecule has 0 aliphatic rings. The molecule has 23 heavy (non-hydrogen) atoms. The highest BCUT2D eigenvalue weighted by Gasteiger charge is 2.14. The van der Waals surface area contributed by atoms with Crippen LogP contribution in [-0.4, -0.2) is 13.1 Å². The first kappa shape index (κ1) is 15.2. The molecule has 0 atom stereocenters. The van der Waals surface area contributed by atoms with Crippen LogP contribution in [0.1, 0.15) is 10.4 Å². The summed E-state index contributed by atoms with van der Waals surface area (Å²) >= 11 is 1.62. The van der Waals surface area contributed by atoms with E-state index in [9.17, 15) is 9.18 Å². The van der Waals surface area contributed by atoms with E-state index in [-0.39, 0.29) is 5.82 Å². The molecule has 0 fully saturated rings. The molecule has 2 aromatic carbocycles. The first-order valence-electron chi connectivity index (χ1n) is 6.96. The average molecular weight is 327 g/mol. The predicted octanol–water partition coefficient (Wildman–Crippen LogP) is 5.08. The van der Waals surface area contributed by atoms with E-state index in [2.05, 4.69) is 5.32 Å². The zero-order valence-corrected chi connectivity index (χ0v) is 13.2. The summed E-state index contributed by atoms with van der Waals surface area (Å²) in [4.78, 5) is 13.1. The number of hydrogen-bond acceptors (Lipinski definition) is 4. The van der Waals surface area contributed by atoms with E-state index in [1.165, 1.54) is 19.2 Å². The zero-order valence-electron chi connectivity index (χ0n) is 12.4. The Balaban J connectivity index is 2.01. The molecule has 0 aliphatic carbocycles. The topological polar surface area (TPSA) is 38.3 Å². The molecule has 0 saturated carbocycles. The molecule has 5 heteroatoms. The standard InChI is InChI=1S/C18H14FNO2S/c1-22-18(21)15-9-4-12(17-3-2-10-23-17)11-16(15)20-14-7-5-13(19)6-8-14/h2-11,20H,1H3. The summed E-state index contributed by atoms with van der Waals surface area (Å²) in [5.41, 5.74) is 2.74. The molecule has 3 rings (SSSR count). The summed E-state index contributed by atoms with van der Waals surface area (Å²) in [6.07, 6.45) is 0. The van der Waals surface area contributed by atoms with Crippen molar-refractivity contribution in [1.82, 2.24) is 0 Å². The van der Waals surface area contributed by atoms with Crippen LogP contribution in [0.4, 0.5) is 15.8 Å². The molecule has 1 N–H and O–H groups in total. The Labute approximate surface area is 137 Å². The van der Waals surface area contributed by atoms with E-state index in [1.807, 2.05) is 29.6 Å². The predicted molar refractivity (Wildman–Crippen MR) is 90.8 cm³/mol. The Morgan fingerprint density at radius 3 is 2.57 bits per heavy atom. The number of methoxy groups -OCH3 is 1. The third-order valence-corrected chi connectivity index (χ3v) is 4.27. The molecule has 0 aliphatic heterocycles. The zero-order chi connectivity index (χ0) is 16.2. The van der Waals surface area contributed by atoms with Crippen molar-refractivity contribution in [2.45, 2.75) is 0 Å². The minimum Gasteiger partial charge on any atom is -0.465 e. The number of esters is 1. The summed E-state index contributed by atoms with van der Waals surface area (Å²) in [6.45, 7) is 0. The van der Waals surface area contributed by atoms with Gasteiger partial charge < -0.3 is 10.1 Å². The quantitative estimate of drug-likeness (QED) is 0.679. The molecule has 1 heterocycles. The highest BCUT2D eigenvalue weighted by molar-refractivity contribution is 7.13. The van der Waals surface area contributed by atoms with Crippen LogP contribution < -0.4 is 5.32 Å². The first-order chi connectivity index (χ1) is 11.2. The lowest BCUT2D eigenvalue weighted by Gasteiger charge is -2.12. The Kier molecular flexibility index (Phi) is 4.39. The van der Waals surface area contributed by atoms with Crippen LogP contribution >= 0.6 is 11.3 Å². The fourth-order valence-corrected chi connectivity index (χ4v) is 2.94. The second-order valence-corrected chi connectivity index (χ2v) is 5.81. The van der Waals surface area contributed by atoms with Gasteiger partial charge in [0, 0.05) is 10.6 Å². The summed E-state index contributed by atoms with van der Waals surface area (Å²) in [6, 6.07) is 15.5. The molecule has 116 valence electrons. The van der Waals surface area contributed by atoms with Crippen molar-refractivity contribution in [2.24, 2.45) is 0 Å². The lowest BCUT2D eigenvalue weighted by atomic mass is 10.1. The lowest BCUT2D eigenvalue weighted by Crippen LogP contribution is -2.05. The number of benzene rings is 2. The van der Waals surface area contributed by atoms with E-state index in [4.69, 9.17) is 4.74 Å². The summed E-state index contributed by atoms with van der Waals surface area (Å²) in [5.74, 6) is -0.733. The van der Waals surface area contributed by atoms with Crippen LogP contribution in [-0.2, 0) is 4.74 Å². The molecular weight excluding hydrogens is 313 g/mol. The van der Waals surface area contributed by atoms with Crippen molar-refractivity contribution in [3.05, 3.63) is 71.4 Å². The highest BCUT2D eigenvalue weighted by Crippen LogP contribution is 2.31. The normalized spacial score (nSPS) is 10.3.